The molecular weight excluding hydrogens is 234 g/mol. The van der Waals surface area contributed by atoms with E-state index in [0.717, 1.165) is 12.4 Å². The SMILES string of the molecule is COC(=O)c1ccnc(N2CCOC(CN)C2)c1. The number of aromatic nitrogens is 1. The maximum absolute atomic E-state index is 11.5. The molecule has 98 valence electrons. The number of rotatable bonds is 3. The summed E-state index contributed by atoms with van der Waals surface area (Å²) in [4.78, 5) is 17.8. The van der Waals surface area contributed by atoms with Crippen molar-refractivity contribution in [1.82, 2.24) is 4.98 Å². The smallest absolute Gasteiger partial charge is 0.338 e. The molecule has 1 fully saturated rings. The van der Waals surface area contributed by atoms with Crippen LogP contribution in [0.3, 0.4) is 0 Å². The first kappa shape index (κ1) is 12.8. The number of carbonyl (C=O) groups is 1. The molecule has 0 bridgehead atoms. The summed E-state index contributed by atoms with van der Waals surface area (Å²) in [5, 5.41) is 0. The van der Waals surface area contributed by atoms with Crippen molar-refractivity contribution in [1.29, 1.82) is 0 Å². The van der Waals surface area contributed by atoms with Crippen LogP contribution in [0, 0.1) is 0 Å². The molecule has 1 aliphatic heterocycles. The van der Waals surface area contributed by atoms with Crippen molar-refractivity contribution in [3.8, 4) is 0 Å². The number of pyridine rings is 1. The van der Waals surface area contributed by atoms with E-state index in [9.17, 15) is 4.79 Å². The highest BCUT2D eigenvalue weighted by Crippen LogP contribution is 2.16. The maximum atomic E-state index is 11.5. The second-order valence-corrected chi connectivity index (χ2v) is 4.07. The Bertz CT molecular complexity index is 425. The molecule has 1 aliphatic rings. The number of hydrogen-bond donors (Lipinski definition) is 1. The first-order valence-electron chi connectivity index (χ1n) is 5.85. The van der Waals surface area contributed by atoms with Crippen LogP contribution >= 0.6 is 0 Å². The zero-order valence-electron chi connectivity index (χ0n) is 10.3. The van der Waals surface area contributed by atoms with Crippen LogP contribution in [0.25, 0.3) is 0 Å². The normalized spacial score (nSPS) is 19.7. The van der Waals surface area contributed by atoms with Gasteiger partial charge in [0.2, 0.25) is 0 Å². The predicted molar refractivity (Wildman–Crippen MR) is 66.6 cm³/mol. The number of nitrogens with zero attached hydrogens (tertiary/aromatic N) is 2. The summed E-state index contributed by atoms with van der Waals surface area (Å²) in [7, 11) is 1.36. The molecule has 1 unspecified atom stereocenters. The molecule has 1 saturated heterocycles. The number of ether oxygens (including phenoxy) is 2. The third kappa shape index (κ3) is 2.77. The van der Waals surface area contributed by atoms with Crippen molar-refractivity contribution < 1.29 is 14.3 Å². The molecule has 2 heterocycles. The van der Waals surface area contributed by atoms with E-state index in [1.54, 1.807) is 18.3 Å². The Kier molecular flexibility index (Phi) is 4.11. The molecular formula is C12H17N3O3. The number of methoxy groups -OCH3 is 1. The van der Waals surface area contributed by atoms with Gasteiger partial charge in [0.05, 0.1) is 25.4 Å². The van der Waals surface area contributed by atoms with Gasteiger partial charge in [-0.2, -0.15) is 0 Å². The van der Waals surface area contributed by atoms with E-state index >= 15 is 0 Å². The molecule has 0 amide bonds. The summed E-state index contributed by atoms with van der Waals surface area (Å²) in [6.07, 6.45) is 1.62. The number of carbonyl (C=O) groups excluding carboxylic acids is 1. The van der Waals surface area contributed by atoms with Gasteiger partial charge >= 0.3 is 5.97 Å². The van der Waals surface area contributed by atoms with Crippen molar-refractivity contribution in [3.63, 3.8) is 0 Å². The molecule has 1 atom stereocenters. The highest BCUT2D eigenvalue weighted by Gasteiger charge is 2.21. The van der Waals surface area contributed by atoms with Gasteiger partial charge in [-0.15, -0.1) is 0 Å². The van der Waals surface area contributed by atoms with Crippen LogP contribution in [0.2, 0.25) is 0 Å². The van der Waals surface area contributed by atoms with Gasteiger partial charge < -0.3 is 20.1 Å². The highest BCUT2D eigenvalue weighted by atomic mass is 16.5. The molecule has 2 N–H and O–H groups in total. The Morgan fingerprint density at radius 2 is 2.56 bits per heavy atom. The van der Waals surface area contributed by atoms with Crippen LogP contribution in [-0.4, -0.2) is 50.4 Å². The molecule has 0 spiro atoms. The maximum Gasteiger partial charge on any atom is 0.338 e. The van der Waals surface area contributed by atoms with Gasteiger partial charge in [-0.1, -0.05) is 0 Å². The minimum Gasteiger partial charge on any atom is -0.465 e. The number of morpholine rings is 1. The third-order valence-corrected chi connectivity index (χ3v) is 2.89. The third-order valence-electron chi connectivity index (χ3n) is 2.89. The van der Waals surface area contributed by atoms with E-state index in [0.29, 0.717) is 25.3 Å². The molecule has 6 nitrogen and oxygen atoms in total. The molecule has 1 aromatic rings. The minimum absolute atomic E-state index is 0.0160. The number of esters is 1. The van der Waals surface area contributed by atoms with Crippen molar-refractivity contribution >= 4 is 11.8 Å². The standard InChI is InChI=1S/C12H17N3O3/c1-17-12(16)9-2-3-14-11(6-9)15-4-5-18-10(7-13)8-15/h2-3,6,10H,4-5,7-8,13H2,1H3. The fraction of sp³-hybridized carbons (Fsp3) is 0.500. The summed E-state index contributed by atoms with van der Waals surface area (Å²) in [6.45, 7) is 2.53. The summed E-state index contributed by atoms with van der Waals surface area (Å²) < 4.78 is 10.2. The minimum atomic E-state index is -0.359. The molecule has 0 aliphatic carbocycles. The lowest BCUT2D eigenvalue weighted by atomic mass is 10.2. The van der Waals surface area contributed by atoms with Gasteiger partial charge in [-0.25, -0.2) is 9.78 Å². The fourth-order valence-electron chi connectivity index (χ4n) is 1.91. The number of anilines is 1. The average molecular weight is 251 g/mol. The van der Waals surface area contributed by atoms with Crippen LogP contribution in [0.1, 0.15) is 10.4 Å². The van der Waals surface area contributed by atoms with Gasteiger partial charge in [0, 0.05) is 25.8 Å². The van der Waals surface area contributed by atoms with Gasteiger partial charge in [-0.3, -0.25) is 0 Å². The Morgan fingerprint density at radius 3 is 3.28 bits per heavy atom. The number of hydrogen-bond acceptors (Lipinski definition) is 6. The fourth-order valence-corrected chi connectivity index (χ4v) is 1.91. The van der Waals surface area contributed by atoms with E-state index in [2.05, 4.69) is 9.88 Å². The van der Waals surface area contributed by atoms with Crippen molar-refractivity contribution in [2.45, 2.75) is 6.10 Å². The Balaban J connectivity index is 2.15. The van der Waals surface area contributed by atoms with Crippen LogP contribution < -0.4 is 10.6 Å². The highest BCUT2D eigenvalue weighted by molar-refractivity contribution is 5.90. The van der Waals surface area contributed by atoms with E-state index in [1.165, 1.54) is 7.11 Å². The van der Waals surface area contributed by atoms with E-state index < -0.39 is 0 Å². The molecule has 18 heavy (non-hydrogen) atoms. The van der Waals surface area contributed by atoms with Crippen molar-refractivity contribution in [2.75, 3.05) is 38.3 Å². The lowest BCUT2D eigenvalue weighted by Crippen LogP contribution is -2.46. The zero-order chi connectivity index (χ0) is 13.0. The molecule has 0 saturated carbocycles. The second kappa shape index (κ2) is 5.79. The molecule has 2 rings (SSSR count). The van der Waals surface area contributed by atoms with Gasteiger partial charge in [0.25, 0.3) is 0 Å². The van der Waals surface area contributed by atoms with E-state index in [4.69, 9.17) is 15.2 Å². The zero-order valence-corrected chi connectivity index (χ0v) is 10.3. The van der Waals surface area contributed by atoms with Gasteiger partial charge in [0.1, 0.15) is 5.82 Å². The predicted octanol–water partition coefficient (Wildman–Crippen LogP) is 0.0321. The quantitative estimate of drug-likeness (QED) is 0.764. The van der Waals surface area contributed by atoms with Crippen LogP contribution in [0.5, 0.6) is 0 Å². The van der Waals surface area contributed by atoms with Gasteiger partial charge in [0.15, 0.2) is 0 Å². The van der Waals surface area contributed by atoms with Crippen molar-refractivity contribution in [2.24, 2.45) is 5.73 Å². The summed E-state index contributed by atoms with van der Waals surface area (Å²) in [5.41, 5.74) is 6.10. The van der Waals surface area contributed by atoms with Crippen LogP contribution in [0.4, 0.5) is 5.82 Å². The molecule has 0 radical (unpaired) electrons. The van der Waals surface area contributed by atoms with Gasteiger partial charge in [-0.05, 0) is 12.1 Å². The number of nitrogens with two attached hydrogens (primary N) is 1. The topological polar surface area (TPSA) is 77.7 Å². The molecule has 0 aromatic carbocycles. The lowest BCUT2D eigenvalue weighted by molar-refractivity contribution is 0.0463. The van der Waals surface area contributed by atoms with Crippen LogP contribution in [0.15, 0.2) is 18.3 Å². The Labute approximate surface area is 106 Å². The molecule has 6 heteroatoms. The lowest BCUT2D eigenvalue weighted by Gasteiger charge is -2.33. The monoisotopic (exact) mass is 251 g/mol. The average Bonchev–Trinajstić information content (AvgIpc) is 2.46. The first-order valence-corrected chi connectivity index (χ1v) is 5.85. The summed E-state index contributed by atoms with van der Waals surface area (Å²) in [5.74, 6) is 0.391. The Hall–Kier alpha value is -1.66. The summed E-state index contributed by atoms with van der Waals surface area (Å²) >= 11 is 0. The molecule has 1 aromatic heterocycles. The summed E-state index contributed by atoms with van der Waals surface area (Å²) in [6, 6.07) is 3.36. The second-order valence-electron chi connectivity index (χ2n) is 4.07. The Morgan fingerprint density at radius 1 is 1.72 bits per heavy atom. The first-order chi connectivity index (χ1) is 8.74. The van der Waals surface area contributed by atoms with Crippen molar-refractivity contribution in [3.05, 3.63) is 23.9 Å². The largest absolute Gasteiger partial charge is 0.465 e. The van der Waals surface area contributed by atoms with E-state index in [1.807, 2.05) is 0 Å². The van der Waals surface area contributed by atoms with E-state index in [-0.39, 0.29) is 12.1 Å². The van der Waals surface area contributed by atoms with Crippen LogP contribution in [-0.2, 0) is 9.47 Å².